The normalized spacial score (nSPS) is 19.0. The summed E-state index contributed by atoms with van der Waals surface area (Å²) in [5.41, 5.74) is 9.11. The molecule has 0 spiro atoms. The van der Waals surface area contributed by atoms with Gasteiger partial charge in [0, 0.05) is 78.1 Å². The van der Waals surface area contributed by atoms with E-state index in [1.807, 2.05) is 36.0 Å². The average Bonchev–Trinajstić information content (AvgIpc) is 4.23. The molecule has 1 aliphatic carbocycles. The Bertz CT molecular complexity index is 2320. The van der Waals surface area contributed by atoms with Crippen LogP contribution in [0.3, 0.4) is 0 Å². The number of nitrogens with one attached hydrogen (secondary N) is 11. The highest BCUT2D eigenvalue weighted by atomic mass is 32.2. The zero-order valence-electron chi connectivity index (χ0n) is 39.6. The van der Waals surface area contributed by atoms with E-state index in [0.29, 0.717) is 48.7 Å². The van der Waals surface area contributed by atoms with Gasteiger partial charge in [-0.05, 0) is 56.1 Å². The lowest BCUT2D eigenvalue weighted by molar-refractivity contribution is -0.137. The Balaban J connectivity index is 0.961. The molecule has 3 fully saturated rings. The second kappa shape index (κ2) is 27.1. The number of hydrogen-bond acceptors (Lipinski definition) is 12. The van der Waals surface area contributed by atoms with E-state index >= 15 is 0 Å². The van der Waals surface area contributed by atoms with Crippen LogP contribution in [0.4, 0.5) is 4.79 Å². The summed E-state index contributed by atoms with van der Waals surface area (Å²) in [7, 11) is 0. The number of primary amides is 1. The number of nitrogens with zero attached hydrogens (tertiary/aromatic N) is 1. The minimum absolute atomic E-state index is 0.0271. The van der Waals surface area contributed by atoms with E-state index in [-0.39, 0.29) is 55.6 Å². The van der Waals surface area contributed by atoms with Crippen LogP contribution in [0.25, 0.3) is 10.9 Å². The topological polar surface area (TPSA) is 353 Å². The second-order valence-electron chi connectivity index (χ2n) is 18.5. The van der Waals surface area contributed by atoms with Crippen molar-refractivity contribution in [3.05, 3.63) is 54.2 Å². The van der Waals surface area contributed by atoms with Crippen LogP contribution in [0.15, 0.2) is 43.0 Å². The van der Waals surface area contributed by atoms with Gasteiger partial charge in [-0.25, -0.2) is 15.3 Å². The predicted molar refractivity (Wildman–Crippen MR) is 261 cm³/mol. The van der Waals surface area contributed by atoms with Gasteiger partial charge in [0.05, 0.1) is 31.5 Å². The molecule has 1 aromatic carbocycles. The fraction of sp³-hybridized carbons (Fsp3) is 0.574. The molecule has 2 aliphatic heterocycles. The summed E-state index contributed by atoms with van der Waals surface area (Å²) >= 11 is 1.84. The number of carbonyl (C=O) groups excluding carboxylic acids is 9. The molecular weight excluding hydrogens is 939 g/mol. The summed E-state index contributed by atoms with van der Waals surface area (Å²) < 4.78 is 0. The molecule has 14 N–H and O–H groups in total. The van der Waals surface area contributed by atoms with Gasteiger partial charge in [-0.15, -0.1) is 0 Å². The van der Waals surface area contributed by atoms with Gasteiger partial charge in [-0.1, -0.05) is 50.3 Å². The van der Waals surface area contributed by atoms with Crippen LogP contribution in [0, 0.1) is 11.8 Å². The largest absolute Gasteiger partial charge is 0.368 e. The Morgan fingerprint density at radius 2 is 1.55 bits per heavy atom. The zero-order valence-corrected chi connectivity index (χ0v) is 40.5. The summed E-state index contributed by atoms with van der Waals surface area (Å²) in [5.74, 6) is -4.84. The molecule has 0 bridgehead atoms. The highest BCUT2D eigenvalue weighted by Crippen LogP contribution is 2.34. The van der Waals surface area contributed by atoms with Crippen molar-refractivity contribution in [2.75, 3.05) is 25.4 Å². The first kappa shape index (κ1) is 53.7. The number of fused-ring (bicyclic) bond motifs is 2. The first-order chi connectivity index (χ1) is 34.3. The third-order valence-electron chi connectivity index (χ3n) is 13.2. The molecule has 7 atom stereocenters. The lowest BCUT2D eigenvalue weighted by Gasteiger charge is -2.25. The number of amides is 10. The lowest BCUT2D eigenvalue weighted by atomic mass is 9.89. The van der Waals surface area contributed by atoms with Crippen molar-refractivity contribution in [1.29, 1.82) is 0 Å². The van der Waals surface area contributed by atoms with E-state index in [1.54, 1.807) is 11.7 Å². The third kappa shape index (κ3) is 16.7. The number of nitrogens with two attached hydrogens (primary N) is 1. The number of para-hydroxylation sites is 1. The van der Waals surface area contributed by atoms with Gasteiger partial charge in [0.15, 0.2) is 0 Å². The van der Waals surface area contributed by atoms with Gasteiger partial charge in [0.25, 0.3) is 0 Å². The number of hydrogen-bond donors (Lipinski definition) is 13. The fourth-order valence-electron chi connectivity index (χ4n) is 9.44. The fourth-order valence-corrected chi connectivity index (χ4v) is 11.0. The molecular formula is C47H67N13O10S. The highest BCUT2D eigenvalue weighted by molar-refractivity contribution is 8.00. The Morgan fingerprint density at radius 3 is 2.31 bits per heavy atom. The van der Waals surface area contributed by atoms with Crippen molar-refractivity contribution >= 4 is 76.0 Å². The molecule has 1 unspecified atom stereocenters. The molecule has 2 saturated heterocycles. The Kier molecular flexibility index (Phi) is 20.4. The molecule has 23 nitrogen and oxygen atoms in total. The van der Waals surface area contributed by atoms with Crippen molar-refractivity contribution in [1.82, 2.24) is 63.0 Å². The Morgan fingerprint density at radius 1 is 0.789 bits per heavy atom. The standard InChI is InChI=1S/C47H67N13O10S/c48-43(65)33(13-7-8-16-50-38(61)15-6-5-14-37-42-36(25-71-37)58-47(69)59-42)55-41(64)24-52-40(63)23-53-45(67)34(18-29-21-51-32-12-4-3-11-31(29)32)57-46(68)35(20-30-22-49-26-54-30)56-44(66)28(19-39(62)60-70)17-27-9-1-2-10-27/h3-4,11-12,21-22,26-28,33-37,42,51,70H,1-2,5-10,13-20,23-25H2,(H2,48,65)(H,49,54)(H,50,61)(H,52,63)(H,53,67)(H,55,64)(H,56,66)(H,57,68)(H,60,62)(H2,58,59,69)/t28?,33-,34-,35-,36-,37-,42-/m0/s1. The first-order valence-corrected chi connectivity index (χ1v) is 25.5. The maximum atomic E-state index is 14.2. The molecule has 386 valence electrons. The molecule has 4 heterocycles. The van der Waals surface area contributed by atoms with Crippen LogP contribution in [-0.2, 0) is 51.2 Å². The number of rotatable bonds is 29. The van der Waals surface area contributed by atoms with E-state index in [9.17, 15) is 48.4 Å². The van der Waals surface area contributed by atoms with Gasteiger partial charge in [0.1, 0.15) is 18.1 Å². The average molecular weight is 1010 g/mol. The van der Waals surface area contributed by atoms with Crippen LogP contribution in [0.5, 0.6) is 0 Å². The van der Waals surface area contributed by atoms with Crippen molar-refractivity contribution in [2.24, 2.45) is 17.6 Å². The first-order valence-electron chi connectivity index (χ1n) is 24.4. The molecule has 0 radical (unpaired) electrons. The minimum Gasteiger partial charge on any atom is -0.368 e. The van der Waals surface area contributed by atoms with Crippen LogP contribution in [0.2, 0.25) is 0 Å². The second-order valence-corrected chi connectivity index (χ2v) is 19.8. The Labute approximate surface area is 415 Å². The van der Waals surface area contributed by atoms with Gasteiger partial charge in [0.2, 0.25) is 47.3 Å². The molecule has 2 aromatic heterocycles. The quantitative estimate of drug-likeness (QED) is 0.0189. The number of H-pyrrole nitrogens is 2. The smallest absolute Gasteiger partial charge is 0.315 e. The minimum atomic E-state index is -1.27. The number of imidazole rings is 1. The molecule has 3 aromatic rings. The molecule has 10 amide bonds. The number of benzene rings is 1. The van der Waals surface area contributed by atoms with E-state index in [2.05, 4.69) is 57.5 Å². The third-order valence-corrected chi connectivity index (χ3v) is 14.7. The van der Waals surface area contributed by atoms with Crippen LogP contribution in [-0.4, -0.2) is 134 Å². The van der Waals surface area contributed by atoms with Gasteiger partial charge >= 0.3 is 6.03 Å². The summed E-state index contributed by atoms with van der Waals surface area (Å²) in [6.45, 7) is -0.741. The number of carbonyl (C=O) groups is 9. The number of thioether (sulfide) groups is 1. The zero-order chi connectivity index (χ0) is 50.7. The van der Waals surface area contributed by atoms with Crippen molar-refractivity contribution in [3.63, 3.8) is 0 Å². The summed E-state index contributed by atoms with van der Waals surface area (Å²) in [5, 5.41) is 32.1. The number of unbranched alkanes of at least 4 members (excludes halogenated alkanes) is 2. The van der Waals surface area contributed by atoms with Crippen molar-refractivity contribution in [3.8, 4) is 0 Å². The Hall–Kier alpha value is -6.69. The van der Waals surface area contributed by atoms with Gasteiger partial charge in [-0.3, -0.25) is 43.6 Å². The SMILES string of the molecule is NC(=O)[C@H](CCCCNC(=O)CCCC[C@@H]1SC[C@@H]2NC(=O)N[C@@H]21)NC(=O)CNC(=O)CNC(=O)[C@H](Cc1c[nH]c2ccccc12)NC(=O)[C@H](Cc1cnc[nH]1)NC(=O)C(CC(=O)NO)CC1CCCC1. The van der Waals surface area contributed by atoms with E-state index < -0.39 is 78.5 Å². The number of aromatic amines is 2. The maximum Gasteiger partial charge on any atom is 0.315 e. The lowest BCUT2D eigenvalue weighted by Crippen LogP contribution is -2.56. The maximum absolute atomic E-state index is 14.2. The van der Waals surface area contributed by atoms with Gasteiger partial charge < -0.3 is 58.2 Å². The van der Waals surface area contributed by atoms with Crippen LogP contribution < -0.4 is 53.7 Å². The van der Waals surface area contributed by atoms with E-state index in [0.717, 1.165) is 61.6 Å². The summed E-state index contributed by atoms with van der Waals surface area (Å²) in [4.78, 5) is 126. The van der Waals surface area contributed by atoms with E-state index in [1.165, 1.54) is 12.5 Å². The molecule has 71 heavy (non-hydrogen) atoms. The predicted octanol–water partition coefficient (Wildman–Crippen LogP) is -0.0474. The summed E-state index contributed by atoms with van der Waals surface area (Å²) in [6.07, 6.45) is 12.5. The molecule has 1 saturated carbocycles. The van der Waals surface area contributed by atoms with Crippen LogP contribution in [0.1, 0.15) is 94.7 Å². The molecule has 24 heteroatoms. The van der Waals surface area contributed by atoms with Gasteiger partial charge in [-0.2, -0.15) is 11.8 Å². The monoisotopic (exact) mass is 1010 g/mol. The molecule has 6 rings (SSSR count). The highest BCUT2D eigenvalue weighted by Gasteiger charge is 2.42. The number of aromatic nitrogens is 3. The number of urea groups is 1. The van der Waals surface area contributed by atoms with Crippen molar-refractivity contribution in [2.45, 2.75) is 132 Å². The van der Waals surface area contributed by atoms with Crippen molar-refractivity contribution < 1.29 is 48.4 Å². The number of hydroxylamine groups is 1. The van der Waals surface area contributed by atoms with Crippen LogP contribution >= 0.6 is 11.8 Å². The molecule has 3 aliphatic rings. The van der Waals surface area contributed by atoms with E-state index in [4.69, 9.17) is 5.73 Å². The summed E-state index contributed by atoms with van der Waals surface area (Å²) in [6, 6.07) is 3.99.